The Balaban J connectivity index is 3.12. The molecular weight excluding hydrogens is 204 g/mol. The third-order valence-corrected chi connectivity index (χ3v) is 2.82. The molecule has 0 nitrogen and oxygen atoms in total. The van der Waals surface area contributed by atoms with Crippen molar-refractivity contribution in [3.63, 3.8) is 0 Å². The molecule has 0 saturated carbocycles. The van der Waals surface area contributed by atoms with Crippen molar-refractivity contribution >= 4 is 0 Å². The van der Waals surface area contributed by atoms with Gasteiger partial charge in [0.15, 0.2) is 0 Å². The molecule has 0 amide bonds. The van der Waals surface area contributed by atoms with E-state index in [0.29, 0.717) is 0 Å². The Bertz CT molecular complexity index is 208. The molecule has 0 unspecified atom stereocenters. The second kappa shape index (κ2) is 15.2. The molecule has 17 heavy (non-hydrogen) atoms. The van der Waals surface area contributed by atoms with Gasteiger partial charge in [-0.2, -0.15) is 0 Å². The Hall–Kier alpha value is -0.780. The molecule has 0 heterocycles. The Kier molecular flexibility index (Phi) is 14.5. The van der Waals surface area contributed by atoms with Crippen LogP contribution in [0.15, 0.2) is 30.4 Å². The lowest BCUT2D eigenvalue weighted by Crippen LogP contribution is -1.79. The first-order valence-electron chi connectivity index (χ1n) is 7.27. The van der Waals surface area contributed by atoms with Crippen molar-refractivity contribution in [1.82, 2.24) is 0 Å². The monoisotopic (exact) mass is 233 g/mol. The van der Waals surface area contributed by atoms with Gasteiger partial charge in [-0.15, -0.1) is 0 Å². The number of hydrogen-bond donors (Lipinski definition) is 0. The summed E-state index contributed by atoms with van der Waals surface area (Å²) < 4.78 is 0. The molecule has 0 aliphatic carbocycles. The summed E-state index contributed by atoms with van der Waals surface area (Å²) in [7, 11) is 0. The highest BCUT2D eigenvalue weighted by atomic mass is 14.0. The van der Waals surface area contributed by atoms with E-state index < -0.39 is 0 Å². The van der Waals surface area contributed by atoms with Gasteiger partial charge in [-0.1, -0.05) is 82.2 Å². The van der Waals surface area contributed by atoms with Gasteiger partial charge in [0, 0.05) is 0 Å². The van der Waals surface area contributed by atoms with Gasteiger partial charge < -0.3 is 0 Å². The van der Waals surface area contributed by atoms with Crippen LogP contribution in [0.5, 0.6) is 0 Å². The summed E-state index contributed by atoms with van der Waals surface area (Å²) in [6, 6.07) is 0. The number of hydrogen-bond acceptors (Lipinski definition) is 0. The van der Waals surface area contributed by atoms with Crippen molar-refractivity contribution in [2.75, 3.05) is 0 Å². The van der Waals surface area contributed by atoms with Crippen LogP contribution in [0.25, 0.3) is 0 Å². The fourth-order valence-electron chi connectivity index (χ4n) is 1.75. The van der Waals surface area contributed by atoms with Crippen LogP contribution in [0.1, 0.15) is 71.6 Å². The van der Waals surface area contributed by atoms with Gasteiger partial charge in [-0.3, -0.25) is 0 Å². The molecule has 0 heteroatoms. The number of unbranched alkanes of at least 4 members (excludes halogenated alkanes) is 8. The van der Waals surface area contributed by atoms with E-state index in [9.17, 15) is 0 Å². The highest BCUT2D eigenvalue weighted by Crippen LogP contribution is 2.09. The van der Waals surface area contributed by atoms with Crippen molar-refractivity contribution in [3.05, 3.63) is 36.5 Å². The van der Waals surface area contributed by atoms with Crippen LogP contribution < -0.4 is 0 Å². The lowest BCUT2D eigenvalue weighted by Gasteiger charge is -1.99. The molecule has 0 rings (SSSR count). The van der Waals surface area contributed by atoms with Gasteiger partial charge in [0.1, 0.15) is 0 Å². The average Bonchev–Trinajstić information content (AvgIpc) is 2.35. The summed E-state index contributed by atoms with van der Waals surface area (Å²) in [6.07, 6.45) is 25.7. The van der Waals surface area contributed by atoms with Crippen molar-refractivity contribution < 1.29 is 0 Å². The zero-order chi connectivity index (χ0) is 12.6. The summed E-state index contributed by atoms with van der Waals surface area (Å²) in [4.78, 5) is 0. The van der Waals surface area contributed by atoms with Gasteiger partial charge in [-0.25, -0.2) is 0 Å². The zero-order valence-electron chi connectivity index (χ0n) is 11.8. The third kappa shape index (κ3) is 15.2. The fourth-order valence-corrected chi connectivity index (χ4v) is 1.75. The lowest BCUT2D eigenvalue weighted by atomic mass is 10.1. The fraction of sp³-hybridized carbons (Fsp3) is 0.647. The molecule has 0 saturated heterocycles. The van der Waals surface area contributed by atoms with Crippen molar-refractivity contribution in [2.45, 2.75) is 71.6 Å². The summed E-state index contributed by atoms with van der Waals surface area (Å²) in [5.74, 6) is 0. The van der Waals surface area contributed by atoms with E-state index in [1.165, 1.54) is 57.8 Å². The Labute approximate surface area is 109 Å². The average molecular weight is 233 g/mol. The number of allylic oxidation sites excluding steroid dienone is 6. The van der Waals surface area contributed by atoms with Crippen LogP contribution in [0.4, 0.5) is 0 Å². The molecule has 1 radical (unpaired) electrons. The molecule has 0 aliphatic rings. The maximum Gasteiger partial charge on any atom is -0.0187 e. The highest BCUT2D eigenvalue weighted by Gasteiger charge is 1.89. The van der Waals surface area contributed by atoms with Crippen molar-refractivity contribution in [3.8, 4) is 0 Å². The smallest absolute Gasteiger partial charge is 0.0187 e. The predicted molar refractivity (Wildman–Crippen MR) is 79.0 cm³/mol. The molecule has 0 bridgehead atoms. The zero-order valence-corrected chi connectivity index (χ0v) is 11.8. The van der Waals surface area contributed by atoms with E-state index in [0.717, 1.165) is 0 Å². The van der Waals surface area contributed by atoms with Crippen molar-refractivity contribution in [2.24, 2.45) is 0 Å². The van der Waals surface area contributed by atoms with E-state index >= 15 is 0 Å². The largest absolute Gasteiger partial charge is 0.0876 e. The van der Waals surface area contributed by atoms with Crippen LogP contribution in [0.2, 0.25) is 0 Å². The second-order valence-corrected chi connectivity index (χ2v) is 4.53. The third-order valence-electron chi connectivity index (χ3n) is 2.82. The van der Waals surface area contributed by atoms with E-state index in [2.05, 4.69) is 19.1 Å². The summed E-state index contributed by atoms with van der Waals surface area (Å²) in [6.45, 7) is 4.29. The standard InChI is InChI=1S/C17H29/c1-3-5-7-9-11-13-15-17-16-14-12-10-8-6-4-2/h3,5,7,11,13H,4,6,8,10,12,14-17H2,1-2H3/b5-3+,9-7?,13-11+. The summed E-state index contributed by atoms with van der Waals surface area (Å²) in [5, 5.41) is 0. The maximum absolute atomic E-state index is 3.12. The molecule has 0 aromatic carbocycles. The molecule has 0 atom stereocenters. The quantitative estimate of drug-likeness (QED) is 0.303. The molecule has 0 spiro atoms. The van der Waals surface area contributed by atoms with E-state index in [4.69, 9.17) is 0 Å². The normalized spacial score (nSPS) is 12.4. The topological polar surface area (TPSA) is 0 Å². The Morgan fingerprint density at radius 2 is 1.53 bits per heavy atom. The van der Waals surface area contributed by atoms with Gasteiger partial charge in [0.05, 0.1) is 0 Å². The summed E-state index contributed by atoms with van der Waals surface area (Å²) >= 11 is 0. The van der Waals surface area contributed by atoms with Gasteiger partial charge in [0.25, 0.3) is 0 Å². The molecule has 0 aliphatic heterocycles. The minimum Gasteiger partial charge on any atom is -0.0876 e. The molecule has 97 valence electrons. The van der Waals surface area contributed by atoms with E-state index in [-0.39, 0.29) is 0 Å². The first-order chi connectivity index (χ1) is 8.41. The minimum atomic E-state index is 1.20. The number of rotatable bonds is 11. The predicted octanol–water partition coefficient (Wildman–Crippen LogP) is 6.01. The molecular formula is C17H29. The molecule has 0 aromatic heterocycles. The second-order valence-electron chi connectivity index (χ2n) is 4.53. The maximum atomic E-state index is 3.12. The lowest BCUT2D eigenvalue weighted by molar-refractivity contribution is 0.577. The Morgan fingerprint density at radius 1 is 0.882 bits per heavy atom. The van der Waals surface area contributed by atoms with Crippen molar-refractivity contribution in [1.29, 1.82) is 0 Å². The molecule has 0 aromatic rings. The van der Waals surface area contributed by atoms with Crippen LogP contribution in [-0.4, -0.2) is 0 Å². The van der Waals surface area contributed by atoms with Crippen LogP contribution in [0, 0.1) is 6.08 Å². The van der Waals surface area contributed by atoms with Crippen LogP contribution in [-0.2, 0) is 0 Å². The van der Waals surface area contributed by atoms with Crippen LogP contribution >= 0.6 is 0 Å². The first kappa shape index (κ1) is 16.2. The minimum absolute atomic E-state index is 1.20. The highest BCUT2D eigenvalue weighted by molar-refractivity contribution is 5.04. The van der Waals surface area contributed by atoms with Gasteiger partial charge in [0.2, 0.25) is 0 Å². The Morgan fingerprint density at radius 3 is 2.18 bits per heavy atom. The van der Waals surface area contributed by atoms with E-state index in [1.54, 1.807) is 0 Å². The SMILES string of the molecule is C/C=C/C=[C]/C=C/CCCCCCCCCC. The molecule has 0 N–H and O–H groups in total. The summed E-state index contributed by atoms with van der Waals surface area (Å²) in [5.41, 5.74) is 0. The van der Waals surface area contributed by atoms with E-state index in [1.807, 2.05) is 31.2 Å². The van der Waals surface area contributed by atoms with Gasteiger partial charge >= 0.3 is 0 Å². The first-order valence-corrected chi connectivity index (χ1v) is 7.27. The van der Waals surface area contributed by atoms with Gasteiger partial charge in [-0.05, 0) is 25.8 Å². The van der Waals surface area contributed by atoms with Crippen LogP contribution in [0.3, 0.4) is 0 Å². The molecule has 0 fully saturated rings.